The maximum atomic E-state index is 11.1. The Morgan fingerprint density at radius 1 is 1.44 bits per heavy atom. The van der Waals surface area contributed by atoms with E-state index in [0.717, 1.165) is 19.3 Å². The number of hydrogen-bond donors (Lipinski definition) is 0. The molecule has 2 atom stereocenters. The second-order valence-electron chi connectivity index (χ2n) is 4.22. The Kier molecular flexibility index (Phi) is 8.54. The van der Waals surface area contributed by atoms with E-state index in [1.807, 2.05) is 0 Å². The maximum Gasteiger partial charge on any atom is 0.163 e. The summed E-state index contributed by atoms with van der Waals surface area (Å²) < 4.78 is 0. The van der Waals surface area contributed by atoms with E-state index in [-0.39, 0.29) is 23.2 Å². The fraction of sp³-hybridized carbons (Fsp3) is 0.692. The van der Waals surface area contributed by atoms with Gasteiger partial charge in [0.15, 0.2) is 11.6 Å². The molecule has 0 aromatic heterocycles. The van der Waals surface area contributed by atoms with Gasteiger partial charge in [-0.1, -0.05) is 13.3 Å². The van der Waals surface area contributed by atoms with E-state index >= 15 is 0 Å². The second-order valence-corrected chi connectivity index (χ2v) is 5.26. The normalized spacial score (nSPS) is 22.4. The third-order valence-corrected chi connectivity index (χ3v) is 3.63. The fourth-order valence-electron chi connectivity index (χ4n) is 1.54. The molecule has 1 aliphatic carbocycles. The smallest absolute Gasteiger partial charge is 0.163 e. The van der Waals surface area contributed by atoms with Crippen LogP contribution in [0.15, 0.2) is 0 Å². The first kappa shape index (κ1) is 17.0. The topological polar surface area (TPSA) is 68.3 Å². The van der Waals surface area contributed by atoms with Crippen LogP contribution in [0.4, 0.5) is 0 Å². The van der Waals surface area contributed by atoms with Crippen molar-refractivity contribution < 1.29 is 19.2 Å². The third-order valence-electron chi connectivity index (χ3n) is 2.66. The number of carbonyl (C=O) groups is 4. The van der Waals surface area contributed by atoms with Crippen LogP contribution in [0, 0.1) is 5.92 Å². The standard InChI is InChI=1S/C7H8O3S.C6H12O/c1-11-6-2-5(9)4(3-8)7(6)10;1-3-4-5-6(2)7/h3-4,6H,2H2,1H3;3-5H2,1-2H3. The highest BCUT2D eigenvalue weighted by Crippen LogP contribution is 2.25. The predicted molar refractivity (Wildman–Crippen MR) is 71.7 cm³/mol. The molecule has 0 amide bonds. The van der Waals surface area contributed by atoms with Gasteiger partial charge >= 0.3 is 0 Å². The molecule has 0 bridgehead atoms. The molecule has 5 heteroatoms. The molecule has 1 fully saturated rings. The van der Waals surface area contributed by atoms with Crippen LogP contribution >= 0.6 is 11.8 Å². The Morgan fingerprint density at radius 3 is 2.28 bits per heavy atom. The van der Waals surface area contributed by atoms with Crippen LogP contribution in [-0.4, -0.2) is 35.1 Å². The highest BCUT2D eigenvalue weighted by molar-refractivity contribution is 8.00. The van der Waals surface area contributed by atoms with E-state index in [0.29, 0.717) is 12.1 Å². The lowest BCUT2D eigenvalue weighted by molar-refractivity contribution is -0.131. The highest BCUT2D eigenvalue weighted by Gasteiger charge is 2.40. The van der Waals surface area contributed by atoms with Gasteiger partial charge in [-0.3, -0.25) is 9.59 Å². The van der Waals surface area contributed by atoms with Crippen LogP contribution in [0.3, 0.4) is 0 Å². The van der Waals surface area contributed by atoms with Crippen LogP contribution in [-0.2, 0) is 19.2 Å². The lowest BCUT2D eigenvalue weighted by atomic mass is 10.1. The molecule has 0 aromatic carbocycles. The Morgan fingerprint density at radius 2 is 2.06 bits per heavy atom. The van der Waals surface area contributed by atoms with E-state index in [4.69, 9.17) is 0 Å². The van der Waals surface area contributed by atoms with E-state index in [1.54, 1.807) is 13.2 Å². The molecule has 2 unspecified atom stereocenters. The van der Waals surface area contributed by atoms with Crippen molar-refractivity contribution >= 4 is 35.4 Å². The molecule has 0 spiro atoms. The maximum absolute atomic E-state index is 11.1. The molecule has 1 rings (SSSR count). The first-order valence-electron chi connectivity index (χ1n) is 6.01. The van der Waals surface area contributed by atoms with E-state index < -0.39 is 5.92 Å². The average molecular weight is 272 g/mol. The fourth-order valence-corrected chi connectivity index (χ4v) is 2.25. The number of aldehydes is 1. The van der Waals surface area contributed by atoms with Crippen molar-refractivity contribution in [3.63, 3.8) is 0 Å². The summed E-state index contributed by atoms with van der Waals surface area (Å²) in [6.07, 6.45) is 5.37. The number of thioether (sulfide) groups is 1. The molecule has 0 heterocycles. The largest absolute Gasteiger partial charge is 0.302 e. The Labute approximate surface area is 112 Å². The highest BCUT2D eigenvalue weighted by atomic mass is 32.2. The minimum atomic E-state index is -0.965. The number of ketones is 3. The predicted octanol–water partition coefficient (Wildman–Crippen LogP) is 1.84. The molecular weight excluding hydrogens is 252 g/mol. The van der Waals surface area contributed by atoms with Gasteiger partial charge in [-0.05, 0) is 19.6 Å². The molecular formula is C13H20O4S. The zero-order valence-corrected chi connectivity index (χ0v) is 11.9. The van der Waals surface area contributed by atoms with Gasteiger partial charge in [0, 0.05) is 12.8 Å². The summed E-state index contributed by atoms with van der Waals surface area (Å²) in [6, 6.07) is 0. The molecule has 4 nitrogen and oxygen atoms in total. The first-order chi connectivity index (χ1) is 8.47. The van der Waals surface area contributed by atoms with Crippen molar-refractivity contribution in [1.82, 2.24) is 0 Å². The zero-order chi connectivity index (χ0) is 14.1. The van der Waals surface area contributed by atoms with E-state index in [1.165, 1.54) is 11.8 Å². The number of Topliss-reactive ketones (excluding diaryl/α,β-unsaturated/α-hetero) is 3. The SMILES string of the molecule is CCCCC(C)=O.CSC1CC(=O)C(C=O)C1=O. The summed E-state index contributed by atoms with van der Waals surface area (Å²) >= 11 is 1.33. The van der Waals surface area contributed by atoms with Gasteiger partial charge in [0.05, 0.1) is 5.25 Å². The molecule has 0 aliphatic heterocycles. The summed E-state index contributed by atoms with van der Waals surface area (Å²) in [7, 11) is 0. The minimum absolute atomic E-state index is 0.225. The monoisotopic (exact) mass is 272 g/mol. The molecule has 0 aromatic rings. The van der Waals surface area contributed by atoms with Crippen molar-refractivity contribution in [2.45, 2.75) is 44.8 Å². The number of hydrogen-bond acceptors (Lipinski definition) is 5. The Hall–Kier alpha value is -0.970. The molecule has 1 aliphatic rings. The molecule has 1 saturated carbocycles. The van der Waals surface area contributed by atoms with Gasteiger partial charge < -0.3 is 9.59 Å². The number of carbonyl (C=O) groups excluding carboxylic acids is 4. The molecule has 102 valence electrons. The lowest BCUT2D eigenvalue weighted by Gasteiger charge is -1.99. The average Bonchev–Trinajstić information content (AvgIpc) is 2.61. The van der Waals surface area contributed by atoms with Crippen LogP contribution in [0.1, 0.15) is 39.5 Å². The first-order valence-corrected chi connectivity index (χ1v) is 7.30. The van der Waals surface area contributed by atoms with Gasteiger partial charge in [0.25, 0.3) is 0 Å². The lowest BCUT2D eigenvalue weighted by Crippen LogP contribution is -2.19. The van der Waals surface area contributed by atoms with Crippen LogP contribution < -0.4 is 0 Å². The molecule has 18 heavy (non-hydrogen) atoms. The molecule has 0 N–H and O–H groups in total. The Balaban J connectivity index is 0.000000360. The van der Waals surface area contributed by atoms with Gasteiger partial charge in [-0.2, -0.15) is 11.8 Å². The second kappa shape index (κ2) is 9.03. The molecule has 0 saturated heterocycles. The number of rotatable bonds is 5. The van der Waals surface area contributed by atoms with E-state index in [9.17, 15) is 19.2 Å². The van der Waals surface area contributed by atoms with Crippen molar-refractivity contribution in [3.05, 3.63) is 0 Å². The minimum Gasteiger partial charge on any atom is -0.302 e. The van der Waals surface area contributed by atoms with Crippen molar-refractivity contribution in [2.75, 3.05) is 6.26 Å². The van der Waals surface area contributed by atoms with E-state index in [2.05, 4.69) is 6.92 Å². The van der Waals surface area contributed by atoms with Gasteiger partial charge in [-0.15, -0.1) is 0 Å². The van der Waals surface area contributed by atoms with Gasteiger partial charge in [0.1, 0.15) is 18.0 Å². The summed E-state index contributed by atoms with van der Waals surface area (Å²) in [5, 5.41) is -0.280. The van der Waals surface area contributed by atoms with Crippen molar-refractivity contribution in [1.29, 1.82) is 0 Å². The third kappa shape index (κ3) is 5.58. The summed E-state index contributed by atoms with van der Waals surface area (Å²) in [6.45, 7) is 3.72. The number of unbranched alkanes of at least 4 members (excludes halogenated alkanes) is 1. The van der Waals surface area contributed by atoms with Gasteiger partial charge in [0.2, 0.25) is 0 Å². The van der Waals surface area contributed by atoms with Crippen LogP contribution in [0.25, 0.3) is 0 Å². The van der Waals surface area contributed by atoms with Crippen molar-refractivity contribution in [3.8, 4) is 0 Å². The molecule has 0 radical (unpaired) electrons. The Bertz CT molecular complexity index is 325. The van der Waals surface area contributed by atoms with Crippen LogP contribution in [0.5, 0.6) is 0 Å². The summed E-state index contributed by atoms with van der Waals surface area (Å²) in [5.74, 6) is -1.11. The quantitative estimate of drug-likeness (QED) is 0.564. The van der Waals surface area contributed by atoms with Gasteiger partial charge in [-0.25, -0.2) is 0 Å². The van der Waals surface area contributed by atoms with Crippen molar-refractivity contribution in [2.24, 2.45) is 5.92 Å². The summed E-state index contributed by atoms with van der Waals surface area (Å²) in [5.41, 5.74) is 0. The zero-order valence-electron chi connectivity index (χ0n) is 11.1. The summed E-state index contributed by atoms with van der Waals surface area (Å²) in [4.78, 5) is 42.5. The van der Waals surface area contributed by atoms with Crippen LogP contribution in [0.2, 0.25) is 0 Å².